The van der Waals surface area contributed by atoms with Gasteiger partial charge >= 0.3 is 0 Å². The summed E-state index contributed by atoms with van der Waals surface area (Å²) >= 11 is 12.3. The highest BCUT2D eigenvalue weighted by molar-refractivity contribution is 8.26. The fourth-order valence-electron chi connectivity index (χ4n) is 2.49. The lowest BCUT2D eigenvalue weighted by Crippen LogP contribution is -2.17. The molecule has 1 fully saturated rings. The molecular weight excluding hydrogens is 430 g/mol. The number of halogens is 1. The van der Waals surface area contributed by atoms with Crippen molar-refractivity contribution in [2.24, 2.45) is 0 Å². The molecule has 29 heavy (non-hydrogen) atoms. The minimum atomic E-state index is -0.220. The van der Waals surface area contributed by atoms with Crippen LogP contribution in [0.2, 0.25) is 5.02 Å². The van der Waals surface area contributed by atoms with E-state index in [1.165, 1.54) is 17.3 Å². The summed E-state index contributed by atoms with van der Waals surface area (Å²) in [7, 11) is 0. The van der Waals surface area contributed by atoms with Gasteiger partial charge in [0.25, 0.3) is 5.91 Å². The van der Waals surface area contributed by atoms with E-state index in [1.807, 2.05) is 31.2 Å². The Morgan fingerprint density at radius 2 is 1.79 bits per heavy atom. The summed E-state index contributed by atoms with van der Waals surface area (Å²) in [6.07, 6.45) is 1.72. The van der Waals surface area contributed by atoms with Crippen molar-refractivity contribution < 1.29 is 19.0 Å². The Bertz CT molecular complexity index is 915. The Hall–Kier alpha value is -2.06. The summed E-state index contributed by atoms with van der Waals surface area (Å²) in [6, 6.07) is 13.1. The average Bonchev–Trinajstić information content (AvgIpc) is 3.01. The summed E-state index contributed by atoms with van der Waals surface area (Å²) in [4.78, 5) is 12.4. The van der Waals surface area contributed by atoms with E-state index in [2.05, 4.69) is 5.32 Å². The zero-order valence-corrected chi connectivity index (χ0v) is 18.2. The number of carbonyl (C=O) groups is 1. The molecule has 2 aromatic carbocycles. The van der Waals surface area contributed by atoms with Crippen LogP contribution in [0.3, 0.4) is 0 Å². The van der Waals surface area contributed by atoms with Gasteiger partial charge in [-0.1, -0.05) is 53.3 Å². The van der Waals surface area contributed by atoms with Crippen LogP contribution in [-0.2, 0) is 9.53 Å². The van der Waals surface area contributed by atoms with Crippen LogP contribution in [0.4, 0.5) is 0 Å². The highest BCUT2D eigenvalue weighted by Gasteiger charge is 2.22. The number of thioether (sulfide) groups is 1. The number of hydrogen-bond donors (Lipinski definition) is 1. The predicted octanol–water partition coefficient (Wildman–Crippen LogP) is 4.61. The fraction of sp³-hybridized carbons (Fsp3) is 0.238. The first-order valence-electron chi connectivity index (χ1n) is 8.96. The Morgan fingerprint density at radius 1 is 1.07 bits per heavy atom. The van der Waals surface area contributed by atoms with Crippen molar-refractivity contribution in [3.05, 3.63) is 63.5 Å². The number of amides is 1. The molecule has 152 valence electrons. The van der Waals surface area contributed by atoms with Gasteiger partial charge < -0.3 is 19.5 Å². The standard InChI is InChI=1S/C21H20ClNO4S2/c1-14-2-5-17(6-3-14)26-10-8-25-9-11-27-18-7-4-16(22)12-15(18)13-19-20(24)23-21(28)29-19/h2-7,12-13H,8-11H2,1H3,(H,23,24,28). The summed E-state index contributed by atoms with van der Waals surface area (Å²) in [6.45, 7) is 3.73. The Labute approximate surface area is 184 Å². The van der Waals surface area contributed by atoms with Gasteiger partial charge in [0.05, 0.1) is 18.1 Å². The third kappa shape index (κ3) is 6.75. The zero-order valence-electron chi connectivity index (χ0n) is 15.8. The van der Waals surface area contributed by atoms with E-state index in [1.54, 1.807) is 24.3 Å². The predicted molar refractivity (Wildman–Crippen MR) is 121 cm³/mol. The molecule has 0 spiro atoms. The minimum Gasteiger partial charge on any atom is -0.491 e. The molecule has 3 rings (SSSR count). The molecule has 0 aromatic heterocycles. The topological polar surface area (TPSA) is 56.8 Å². The minimum absolute atomic E-state index is 0.220. The van der Waals surface area contributed by atoms with Gasteiger partial charge in [-0.15, -0.1) is 0 Å². The van der Waals surface area contributed by atoms with E-state index in [0.717, 1.165) is 5.75 Å². The van der Waals surface area contributed by atoms with Gasteiger partial charge in [-0.25, -0.2) is 0 Å². The maximum absolute atomic E-state index is 11.9. The van der Waals surface area contributed by atoms with Crippen molar-refractivity contribution in [2.45, 2.75) is 6.92 Å². The van der Waals surface area contributed by atoms with E-state index in [0.29, 0.717) is 52.0 Å². The van der Waals surface area contributed by atoms with Gasteiger partial charge in [0.15, 0.2) is 0 Å². The lowest BCUT2D eigenvalue weighted by molar-refractivity contribution is -0.115. The number of carbonyl (C=O) groups excluding carboxylic acids is 1. The fourth-order valence-corrected chi connectivity index (χ4v) is 3.71. The number of benzene rings is 2. The highest BCUT2D eigenvalue weighted by atomic mass is 35.5. The van der Waals surface area contributed by atoms with Crippen LogP contribution >= 0.6 is 35.6 Å². The van der Waals surface area contributed by atoms with Crippen molar-refractivity contribution in [2.75, 3.05) is 26.4 Å². The first-order valence-corrected chi connectivity index (χ1v) is 10.6. The smallest absolute Gasteiger partial charge is 0.263 e. The summed E-state index contributed by atoms with van der Waals surface area (Å²) in [5, 5.41) is 3.14. The number of aryl methyl sites for hydroxylation is 1. The van der Waals surface area contributed by atoms with Crippen molar-refractivity contribution in [1.82, 2.24) is 5.32 Å². The van der Waals surface area contributed by atoms with Crippen molar-refractivity contribution in [1.29, 1.82) is 0 Å². The Kier molecular flexibility index (Phi) is 7.94. The molecular formula is C21H20ClNO4S2. The quantitative estimate of drug-likeness (QED) is 0.342. The average molecular weight is 450 g/mol. The molecule has 0 saturated carbocycles. The molecule has 1 aliphatic rings. The lowest BCUT2D eigenvalue weighted by Gasteiger charge is -2.11. The van der Waals surface area contributed by atoms with E-state index in [9.17, 15) is 4.79 Å². The third-order valence-corrected chi connectivity index (χ3v) is 5.30. The van der Waals surface area contributed by atoms with Crippen LogP contribution in [-0.4, -0.2) is 36.7 Å². The number of ether oxygens (including phenoxy) is 3. The number of hydrogen-bond acceptors (Lipinski definition) is 6. The number of thiocarbonyl (C=S) groups is 1. The molecule has 0 radical (unpaired) electrons. The van der Waals surface area contributed by atoms with Gasteiger partial charge in [0.2, 0.25) is 0 Å². The van der Waals surface area contributed by atoms with Crippen molar-refractivity contribution >= 4 is 51.9 Å². The van der Waals surface area contributed by atoms with Gasteiger partial charge in [0, 0.05) is 10.6 Å². The lowest BCUT2D eigenvalue weighted by atomic mass is 10.2. The first-order chi connectivity index (χ1) is 14.0. The van der Waals surface area contributed by atoms with Crippen LogP contribution in [0.15, 0.2) is 47.4 Å². The second-order valence-corrected chi connectivity index (χ2v) is 8.31. The first kappa shape index (κ1) is 21.6. The van der Waals surface area contributed by atoms with E-state index >= 15 is 0 Å². The molecule has 8 heteroatoms. The number of nitrogens with one attached hydrogen (secondary N) is 1. The van der Waals surface area contributed by atoms with Crippen LogP contribution in [0.1, 0.15) is 11.1 Å². The van der Waals surface area contributed by atoms with Crippen LogP contribution in [0, 0.1) is 6.92 Å². The van der Waals surface area contributed by atoms with E-state index < -0.39 is 0 Å². The summed E-state index contributed by atoms with van der Waals surface area (Å²) < 4.78 is 17.4. The zero-order chi connectivity index (χ0) is 20.6. The van der Waals surface area contributed by atoms with Crippen LogP contribution in [0.5, 0.6) is 11.5 Å². The molecule has 0 atom stereocenters. The highest BCUT2D eigenvalue weighted by Crippen LogP contribution is 2.31. The van der Waals surface area contributed by atoms with Gasteiger partial charge in [-0.2, -0.15) is 0 Å². The molecule has 0 unspecified atom stereocenters. The van der Waals surface area contributed by atoms with Crippen LogP contribution < -0.4 is 14.8 Å². The largest absolute Gasteiger partial charge is 0.491 e. The normalized spacial score (nSPS) is 14.9. The molecule has 0 bridgehead atoms. The summed E-state index contributed by atoms with van der Waals surface area (Å²) in [5.41, 5.74) is 1.90. The molecule has 2 aromatic rings. The van der Waals surface area contributed by atoms with E-state index in [4.69, 9.17) is 38.0 Å². The molecule has 1 aliphatic heterocycles. The monoisotopic (exact) mass is 449 g/mol. The molecule has 1 N–H and O–H groups in total. The van der Waals surface area contributed by atoms with Gasteiger partial charge in [0.1, 0.15) is 29.0 Å². The maximum Gasteiger partial charge on any atom is 0.263 e. The van der Waals surface area contributed by atoms with Crippen molar-refractivity contribution in [3.8, 4) is 11.5 Å². The maximum atomic E-state index is 11.9. The molecule has 1 saturated heterocycles. The van der Waals surface area contributed by atoms with Crippen LogP contribution in [0.25, 0.3) is 6.08 Å². The van der Waals surface area contributed by atoms with E-state index in [-0.39, 0.29) is 5.91 Å². The second kappa shape index (κ2) is 10.6. The summed E-state index contributed by atoms with van der Waals surface area (Å²) in [5.74, 6) is 1.22. The number of rotatable bonds is 9. The Morgan fingerprint density at radius 3 is 2.48 bits per heavy atom. The van der Waals surface area contributed by atoms with Gasteiger partial charge in [-0.3, -0.25) is 4.79 Å². The SMILES string of the molecule is Cc1ccc(OCCOCCOc2ccc(Cl)cc2C=C2SC(=S)NC2=O)cc1. The van der Waals surface area contributed by atoms with Crippen molar-refractivity contribution in [3.63, 3.8) is 0 Å². The third-order valence-electron chi connectivity index (χ3n) is 3.90. The van der Waals surface area contributed by atoms with Gasteiger partial charge in [-0.05, 0) is 43.3 Å². The molecule has 0 aliphatic carbocycles. The Balaban J connectivity index is 1.44. The molecule has 1 heterocycles. The molecule has 5 nitrogen and oxygen atoms in total. The second-order valence-electron chi connectivity index (χ2n) is 6.16. The molecule has 1 amide bonds.